The molecule has 0 aromatic carbocycles. The Labute approximate surface area is 94.5 Å². The van der Waals surface area contributed by atoms with Gasteiger partial charge in [0.25, 0.3) is 0 Å². The van der Waals surface area contributed by atoms with Crippen molar-refractivity contribution in [2.24, 2.45) is 5.92 Å². The van der Waals surface area contributed by atoms with Gasteiger partial charge < -0.3 is 4.74 Å². The van der Waals surface area contributed by atoms with Crippen LogP contribution in [0.3, 0.4) is 0 Å². The molecule has 0 amide bonds. The summed E-state index contributed by atoms with van der Waals surface area (Å²) in [6.07, 6.45) is 8.34. The number of carbonyl (C=O) groups excluding carboxylic acids is 1. The molecule has 0 N–H and O–H groups in total. The molecule has 14 heavy (non-hydrogen) atoms. The summed E-state index contributed by atoms with van der Waals surface area (Å²) >= 11 is 3.23. The fourth-order valence-electron chi connectivity index (χ4n) is 2.02. The van der Waals surface area contributed by atoms with Crippen molar-refractivity contribution in [3.8, 4) is 0 Å². The molecule has 1 rings (SSSR count). The third-order valence-corrected chi connectivity index (χ3v) is 3.15. The van der Waals surface area contributed by atoms with E-state index in [1.165, 1.54) is 32.1 Å². The summed E-state index contributed by atoms with van der Waals surface area (Å²) in [6.45, 7) is 0.503. The Morgan fingerprint density at radius 1 is 1.29 bits per heavy atom. The van der Waals surface area contributed by atoms with Gasteiger partial charge in [-0.2, -0.15) is 0 Å². The van der Waals surface area contributed by atoms with Gasteiger partial charge in [0.15, 0.2) is 0 Å². The summed E-state index contributed by atoms with van der Waals surface area (Å²) in [5.74, 6) is 0.746. The molecule has 0 atom stereocenters. The lowest BCUT2D eigenvalue weighted by molar-refractivity contribution is -0.143. The number of hydrogen-bond donors (Lipinski definition) is 0. The maximum absolute atomic E-state index is 11.2. The van der Waals surface area contributed by atoms with Crippen molar-refractivity contribution >= 4 is 21.9 Å². The monoisotopic (exact) mass is 262 g/mol. The summed E-state index contributed by atoms with van der Waals surface area (Å²) in [6, 6.07) is 0. The van der Waals surface area contributed by atoms with Crippen LogP contribution in [0.25, 0.3) is 0 Å². The van der Waals surface area contributed by atoms with Gasteiger partial charge in [-0.3, -0.25) is 4.79 Å². The summed E-state index contributed by atoms with van der Waals surface area (Å²) in [5, 5.41) is 0.738. The van der Waals surface area contributed by atoms with Crippen LogP contribution < -0.4 is 0 Å². The molecule has 1 aliphatic carbocycles. The van der Waals surface area contributed by atoms with E-state index in [1.807, 2.05) is 0 Å². The predicted molar refractivity (Wildman–Crippen MR) is 60.6 cm³/mol. The van der Waals surface area contributed by atoms with Crippen molar-refractivity contribution in [3.05, 3.63) is 0 Å². The molecule has 0 radical (unpaired) electrons. The van der Waals surface area contributed by atoms with Gasteiger partial charge in [-0.1, -0.05) is 48.0 Å². The second-order valence-corrected chi connectivity index (χ2v) is 4.75. The molecule has 1 fully saturated rings. The fourth-order valence-corrected chi connectivity index (χ4v) is 2.18. The number of esters is 1. The molecule has 1 saturated carbocycles. The summed E-state index contributed by atoms with van der Waals surface area (Å²) < 4.78 is 5.00. The quantitative estimate of drug-likeness (QED) is 0.562. The second kappa shape index (κ2) is 7.27. The Bertz CT molecular complexity index is 165. The SMILES string of the molecule is O=C(CCC1CCCCC1)OCCBr. The van der Waals surface area contributed by atoms with E-state index < -0.39 is 0 Å². The van der Waals surface area contributed by atoms with E-state index in [0.717, 1.165) is 17.7 Å². The van der Waals surface area contributed by atoms with Gasteiger partial charge in [-0.25, -0.2) is 0 Å². The van der Waals surface area contributed by atoms with Crippen LogP contribution in [-0.2, 0) is 9.53 Å². The first-order chi connectivity index (χ1) is 6.83. The first-order valence-corrected chi connectivity index (χ1v) is 6.66. The van der Waals surface area contributed by atoms with Gasteiger partial charge in [0, 0.05) is 11.8 Å². The molecule has 0 aromatic rings. The van der Waals surface area contributed by atoms with Crippen molar-refractivity contribution in [1.29, 1.82) is 0 Å². The summed E-state index contributed by atoms with van der Waals surface area (Å²) in [7, 11) is 0. The standard InChI is InChI=1S/C11H19BrO2/c12-8-9-14-11(13)7-6-10-4-2-1-3-5-10/h10H,1-9H2. The van der Waals surface area contributed by atoms with E-state index in [-0.39, 0.29) is 5.97 Å². The molecule has 3 heteroatoms. The lowest BCUT2D eigenvalue weighted by Crippen LogP contribution is -2.11. The number of alkyl halides is 1. The number of carbonyl (C=O) groups is 1. The van der Waals surface area contributed by atoms with Crippen molar-refractivity contribution in [2.45, 2.75) is 44.9 Å². The van der Waals surface area contributed by atoms with Gasteiger partial charge in [0.2, 0.25) is 0 Å². The number of hydrogen-bond acceptors (Lipinski definition) is 2. The maximum Gasteiger partial charge on any atom is 0.305 e. The van der Waals surface area contributed by atoms with Crippen LogP contribution in [0.1, 0.15) is 44.9 Å². The topological polar surface area (TPSA) is 26.3 Å². The Kier molecular flexibility index (Phi) is 6.24. The average Bonchev–Trinajstić information content (AvgIpc) is 2.25. The van der Waals surface area contributed by atoms with Crippen LogP contribution in [0.5, 0.6) is 0 Å². The van der Waals surface area contributed by atoms with Crippen molar-refractivity contribution in [3.63, 3.8) is 0 Å². The molecular weight excluding hydrogens is 244 g/mol. The summed E-state index contributed by atoms with van der Waals surface area (Å²) in [4.78, 5) is 11.2. The van der Waals surface area contributed by atoms with E-state index in [2.05, 4.69) is 15.9 Å². The Hall–Kier alpha value is -0.0500. The third-order valence-electron chi connectivity index (χ3n) is 2.82. The van der Waals surface area contributed by atoms with E-state index >= 15 is 0 Å². The van der Waals surface area contributed by atoms with Crippen LogP contribution in [-0.4, -0.2) is 17.9 Å². The lowest BCUT2D eigenvalue weighted by atomic mass is 9.86. The molecule has 0 aliphatic heterocycles. The third kappa shape index (κ3) is 4.99. The van der Waals surface area contributed by atoms with E-state index in [0.29, 0.717) is 13.0 Å². The van der Waals surface area contributed by atoms with E-state index in [9.17, 15) is 4.79 Å². The minimum absolute atomic E-state index is 0.0324. The van der Waals surface area contributed by atoms with Gasteiger partial charge in [-0.15, -0.1) is 0 Å². The van der Waals surface area contributed by atoms with Gasteiger partial charge in [-0.05, 0) is 12.3 Å². The van der Waals surface area contributed by atoms with Crippen LogP contribution in [0.15, 0.2) is 0 Å². The van der Waals surface area contributed by atoms with E-state index in [1.54, 1.807) is 0 Å². The molecular formula is C11H19BrO2. The number of halogens is 1. The molecule has 2 nitrogen and oxygen atoms in total. The smallest absolute Gasteiger partial charge is 0.305 e. The highest BCUT2D eigenvalue weighted by atomic mass is 79.9. The Morgan fingerprint density at radius 3 is 2.64 bits per heavy atom. The zero-order valence-corrected chi connectivity index (χ0v) is 10.2. The second-order valence-electron chi connectivity index (χ2n) is 3.95. The van der Waals surface area contributed by atoms with Crippen molar-refractivity contribution in [2.75, 3.05) is 11.9 Å². The molecule has 1 aliphatic rings. The lowest BCUT2D eigenvalue weighted by Gasteiger charge is -2.20. The van der Waals surface area contributed by atoms with Gasteiger partial charge >= 0.3 is 5.97 Å². The van der Waals surface area contributed by atoms with Crippen LogP contribution in [0.4, 0.5) is 0 Å². The minimum atomic E-state index is -0.0324. The highest BCUT2D eigenvalue weighted by molar-refractivity contribution is 9.09. The fraction of sp³-hybridized carbons (Fsp3) is 0.909. The zero-order valence-electron chi connectivity index (χ0n) is 8.64. The minimum Gasteiger partial charge on any atom is -0.465 e. The largest absolute Gasteiger partial charge is 0.465 e. The molecule has 0 bridgehead atoms. The van der Waals surface area contributed by atoms with Crippen LogP contribution in [0, 0.1) is 5.92 Å². The first-order valence-electron chi connectivity index (χ1n) is 5.54. The molecule has 0 heterocycles. The van der Waals surface area contributed by atoms with Gasteiger partial charge in [0.05, 0.1) is 0 Å². The van der Waals surface area contributed by atoms with Crippen molar-refractivity contribution < 1.29 is 9.53 Å². The predicted octanol–water partition coefficient (Wildman–Crippen LogP) is 3.29. The summed E-state index contributed by atoms with van der Waals surface area (Å²) in [5.41, 5.74) is 0. The van der Waals surface area contributed by atoms with Crippen molar-refractivity contribution in [1.82, 2.24) is 0 Å². The molecule has 0 saturated heterocycles. The van der Waals surface area contributed by atoms with Crippen LogP contribution >= 0.6 is 15.9 Å². The van der Waals surface area contributed by atoms with Gasteiger partial charge in [0.1, 0.15) is 6.61 Å². The highest BCUT2D eigenvalue weighted by Gasteiger charge is 2.14. The number of ether oxygens (including phenoxy) is 1. The Balaban J connectivity index is 2.03. The zero-order chi connectivity index (χ0) is 10.2. The first kappa shape index (κ1) is 12.0. The Morgan fingerprint density at radius 2 is 2.00 bits per heavy atom. The highest BCUT2D eigenvalue weighted by Crippen LogP contribution is 2.27. The normalized spacial score (nSPS) is 18.1. The van der Waals surface area contributed by atoms with Crippen LogP contribution in [0.2, 0.25) is 0 Å². The average molecular weight is 263 g/mol. The molecule has 82 valence electrons. The maximum atomic E-state index is 11.2. The molecule has 0 spiro atoms. The molecule has 0 unspecified atom stereocenters. The van der Waals surface area contributed by atoms with E-state index in [4.69, 9.17) is 4.74 Å². The number of rotatable bonds is 5. The molecule has 0 aromatic heterocycles.